The molecule has 0 amide bonds. The number of nitrogens with zero attached hydrogens (tertiary/aromatic N) is 6. The first-order valence-electron chi connectivity index (χ1n) is 12.9. The Morgan fingerprint density at radius 2 is 1.95 bits per heavy atom. The summed E-state index contributed by atoms with van der Waals surface area (Å²) in [5.74, 6) is 1.30. The van der Waals surface area contributed by atoms with Gasteiger partial charge in [0.25, 0.3) is 5.89 Å². The lowest BCUT2D eigenvalue weighted by molar-refractivity contribution is -0.274. The van der Waals surface area contributed by atoms with Crippen molar-refractivity contribution in [3.05, 3.63) is 83.7 Å². The first kappa shape index (κ1) is 27.1. The molecular weight excluding hydrogens is 523 g/mol. The first-order chi connectivity index (χ1) is 19.3. The second kappa shape index (κ2) is 11.7. The number of aryl methyl sites for hydroxylation is 2. The maximum absolute atomic E-state index is 12.4. The Morgan fingerprint density at radius 1 is 1.12 bits per heavy atom. The average Bonchev–Trinajstić information content (AvgIpc) is 3.61. The van der Waals surface area contributed by atoms with Gasteiger partial charge in [-0.3, -0.25) is 9.67 Å². The summed E-state index contributed by atoms with van der Waals surface area (Å²) in [6.07, 6.45) is 2.62. The molecule has 1 N–H and O–H groups in total. The largest absolute Gasteiger partial charge is 0.573 e. The van der Waals surface area contributed by atoms with Crippen LogP contribution in [0.1, 0.15) is 37.4 Å². The predicted octanol–water partition coefficient (Wildman–Crippen LogP) is 5.86. The van der Waals surface area contributed by atoms with Crippen LogP contribution in [-0.4, -0.2) is 43.5 Å². The van der Waals surface area contributed by atoms with Crippen molar-refractivity contribution in [3.63, 3.8) is 0 Å². The molecule has 1 aromatic carbocycles. The number of anilines is 1. The van der Waals surface area contributed by atoms with E-state index in [1.165, 1.54) is 35.4 Å². The van der Waals surface area contributed by atoms with Crippen LogP contribution in [0.2, 0.25) is 0 Å². The van der Waals surface area contributed by atoms with E-state index in [2.05, 4.69) is 55.2 Å². The van der Waals surface area contributed by atoms with Gasteiger partial charge in [0.2, 0.25) is 5.82 Å². The smallest absolute Gasteiger partial charge is 0.406 e. The maximum Gasteiger partial charge on any atom is 0.573 e. The average molecular weight is 552 g/mol. The minimum absolute atomic E-state index is 0.255. The van der Waals surface area contributed by atoms with Crippen LogP contribution in [-0.2, 0) is 19.5 Å². The zero-order valence-electron chi connectivity index (χ0n) is 22.0. The third-order valence-electron chi connectivity index (χ3n) is 6.64. The predicted molar refractivity (Wildman–Crippen MR) is 143 cm³/mol. The van der Waals surface area contributed by atoms with Crippen molar-refractivity contribution in [3.8, 4) is 17.1 Å². The van der Waals surface area contributed by atoms with Crippen LogP contribution < -0.4 is 10.1 Å². The van der Waals surface area contributed by atoms with Crippen molar-refractivity contribution < 1.29 is 22.4 Å². The van der Waals surface area contributed by atoms with Gasteiger partial charge in [0, 0.05) is 31.0 Å². The Morgan fingerprint density at radius 3 is 2.70 bits per heavy atom. The summed E-state index contributed by atoms with van der Waals surface area (Å²) >= 11 is 0. The number of aromatic nitrogens is 5. The molecule has 12 heteroatoms. The number of alkyl halides is 3. The molecule has 0 aliphatic carbocycles. The van der Waals surface area contributed by atoms with E-state index in [0.717, 1.165) is 30.9 Å². The minimum Gasteiger partial charge on any atom is -0.406 e. The highest BCUT2D eigenvalue weighted by atomic mass is 19.4. The summed E-state index contributed by atoms with van der Waals surface area (Å²) < 4.78 is 48.4. The van der Waals surface area contributed by atoms with Gasteiger partial charge in [0.15, 0.2) is 0 Å². The molecule has 0 radical (unpaired) electrons. The van der Waals surface area contributed by atoms with E-state index in [-0.39, 0.29) is 23.4 Å². The Kier molecular flexibility index (Phi) is 7.94. The fourth-order valence-electron chi connectivity index (χ4n) is 4.47. The number of pyridine rings is 1. The third-order valence-corrected chi connectivity index (χ3v) is 6.64. The number of hydrogen-bond acceptors (Lipinski definition) is 8. The van der Waals surface area contributed by atoms with Gasteiger partial charge in [0.05, 0.1) is 12.2 Å². The van der Waals surface area contributed by atoms with Gasteiger partial charge >= 0.3 is 6.36 Å². The van der Waals surface area contributed by atoms with Crippen LogP contribution in [0, 0.1) is 5.92 Å². The molecule has 9 nitrogen and oxygen atoms in total. The van der Waals surface area contributed by atoms with Gasteiger partial charge in [-0.2, -0.15) is 10.1 Å². The molecule has 208 valence electrons. The highest BCUT2D eigenvalue weighted by molar-refractivity contribution is 6.06. The van der Waals surface area contributed by atoms with Gasteiger partial charge < -0.3 is 14.6 Å². The summed E-state index contributed by atoms with van der Waals surface area (Å²) in [5, 5.41) is 11.6. The fourth-order valence-corrected chi connectivity index (χ4v) is 4.47. The van der Waals surface area contributed by atoms with Crippen molar-refractivity contribution in [2.45, 2.75) is 46.1 Å². The number of allylic oxidation sites excluding steroid dienone is 1. The van der Waals surface area contributed by atoms with Gasteiger partial charge in [-0.25, -0.2) is 4.98 Å². The molecule has 0 bridgehead atoms. The van der Waals surface area contributed by atoms with Gasteiger partial charge in [-0.15, -0.1) is 13.2 Å². The number of aliphatic imine (C=N–C) groups is 1. The molecule has 4 heterocycles. The highest BCUT2D eigenvalue weighted by Crippen LogP contribution is 2.27. The zero-order valence-corrected chi connectivity index (χ0v) is 22.0. The number of benzene rings is 1. The number of dihydropyridines is 1. The van der Waals surface area contributed by atoms with Crippen molar-refractivity contribution >= 4 is 11.5 Å². The Balaban J connectivity index is 1.16. The molecule has 1 aliphatic rings. The van der Waals surface area contributed by atoms with E-state index in [9.17, 15) is 13.2 Å². The standard InChI is InChI=1S/C28H28F3N7O2/c1-3-38-22(11-13-35-38)17-34-25-15-19(10-12-32-25)4-5-21-16-33-24(14-18(21)2)27-36-26(37-40-27)20-6-8-23(9-7-20)39-28(29,30)31/h6-15,21H,3-5,16-17H2,1-2H3,(H,32,34)/t21-/m0/s1. The van der Waals surface area contributed by atoms with E-state index in [0.29, 0.717) is 24.4 Å². The normalized spacial score (nSPS) is 15.5. The van der Waals surface area contributed by atoms with Crippen molar-refractivity contribution in [2.75, 3.05) is 11.9 Å². The van der Waals surface area contributed by atoms with E-state index in [1.54, 1.807) is 6.20 Å². The second-order valence-electron chi connectivity index (χ2n) is 9.39. The molecule has 5 rings (SSSR count). The maximum atomic E-state index is 12.4. The Labute approximate surface area is 228 Å². The van der Waals surface area contributed by atoms with Gasteiger partial charge in [-0.1, -0.05) is 10.7 Å². The van der Waals surface area contributed by atoms with Crippen LogP contribution in [0.25, 0.3) is 11.4 Å². The fraction of sp³-hybridized carbons (Fsp3) is 0.321. The van der Waals surface area contributed by atoms with Crippen LogP contribution in [0.3, 0.4) is 0 Å². The van der Waals surface area contributed by atoms with Crippen LogP contribution in [0.15, 0.2) is 76.0 Å². The highest BCUT2D eigenvalue weighted by Gasteiger charge is 2.31. The quantitative estimate of drug-likeness (QED) is 0.263. The van der Waals surface area contributed by atoms with Gasteiger partial charge in [-0.05, 0) is 86.7 Å². The number of ether oxygens (including phenoxy) is 1. The molecule has 0 spiro atoms. The molecule has 0 saturated heterocycles. The second-order valence-corrected chi connectivity index (χ2v) is 9.39. The molecule has 1 atom stereocenters. The lowest BCUT2D eigenvalue weighted by Gasteiger charge is -2.20. The summed E-state index contributed by atoms with van der Waals surface area (Å²) in [6.45, 7) is 6.19. The lowest BCUT2D eigenvalue weighted by Crippen LogP contribution is -2.17. The third kappa shape index (κ3) is 6.74. The van der Waals surface area contributed by atoms with Crippen LogP contribution >= 0.6 is 0 Å². The SMILES string of the molecule is CCn1nccc1CNc1cc(CC[C@H]2CN=C(c3nc(-c4ccc(OC(F)(F)F)cc4)no3)C=C2C)ccn1. The molecule has 0 unspecified atom stereocenters. The summed E-state index contributed by atoms with van der Waals surface area (Å²) in [4.78, 5) is 13.5. The molecule has 3 aromatic heterocycles. The number of rotatable bonds is 10. The van der Waals surface area contributed by atoms with Crippen LogP contribution in [0.5, 0.6) is 5.75 Å². The minimum atomic E-state index is -4.75. The zero-order chi connectivity index (χ0) is 28.1. The van der Waals surface area contributed by atoms with Crippen molar-refractivity contribution in [1.29, 1.82) is 0 Å². The van der Waals surface area contributed by atoms with E-state index in [4.69, 9.17) is 4.52 Å². The summed E-state index contributed by atoms with van der Waals surface area (Å²) in [6, 6.07) is 11.4. The molecule has 40 heavy (non-hydrogen) atoms. The molecule has 0 saturated carbocycles. The molecule has 1 aliphatic heterocycles. The number of halogens is 3. The molecule has 0 fully saturated rings. The van der Waals surface area contributed by atoms with Crippen molar-refractivity contribution in [2.24, 2.45) is 10.9 Å². The summed E-state index contributed by atoms with van der Waals surface area (Å²) in [5.41, 5.74) is 4.55. The topological polar surface area (TPSA) is 103 Å². The number of hydrogen-bond donors (Lipinski definition) is 1. The van der Waals surface area contributed by atoms with E-state index < -0.39 is 6.36 Å². The first-order valence-corrected chi connectivity index (χ1v) is 12.9. The monoisotopic (exact) mass is 551 g/mol. The van der Waals surface area contributed by atoms with Crippen molar-refractivity contribution in [1.82, 2.24) is 24.9 Å². The Hall–Kier alpha value is -4.48. The van der Waals surface area contributed by atoms with E-state index >= 15 is 0 Å². The van der Waals surface area contributed by atoms with Gasteiger partial charge in [0.1, 0.15) is 17.3 Å². The molecular formula is C28H28F3N7O2. The Bertz CT molecular complexity index is 1510. The lowest BCUT2D eigenvalue weighted by atomic mass is 9.90. The summed E-state index contributed by atoms with van der Waals surface area (Å²) in [7, 11) is 0. The van der Waals surface area contributed by atoms with Crippen LogP contribution in [0.4, 0.5) is 19.0 Å². The van der Waals surface area contributed by atoms with E-state index in [1.807, 2.05) is 29.1 Å². The number of nitrogens with one attached hydrogen (secondary N) is 1. The molecule has 4 aromatic rings.